The zero-order valence-corrected chi connectivity index (χ0v) is 19.0. The first-order valence-corrected chi connectivity index (χ1v) is 12.2. The Kier molecular flexibility index (Phi) is 7.51. The SMILES string of the molecule is CN(CC(=O)NC(Cc1ccccc1)C(=O)N1CCCC1)S(=O)(=O)c1ccc(Cl)s1. The molecule has 0 radical (unpaired) electrons. The number of sulfonamides is 1. The number of hydrogen-bond acceptors (Lipinski definition) is 5. The van der Waals surface area contributed by atoms with Gasteiger partial charge in [0.1, 0.15) is 10.3 Å². The van der Waals surface area contributed by atoms with Crippen LogP contribution >= 0.6 is 22.9 Å². The van der Waals surface area contributed by atoms with Crippen LogP contribution in [0.2, 0.25) is 4.34 Å². The van der Waals surface area contributed by atoms with Crippen LogP contribution in [0.1, 0.15) is 18.4 Å². The van der Waals surface area contributed by atoms with Gasteiger partial charge < -0.3 is 10.2 Å². The normalized spacial score (nSPS) is 15.4. The number of amides is 2. The number of benzene rings is 1. The molecule has 7 nitrogen and oxygen atoms in total. The van der Waals surface area contributed by atoms with Crippen LogP contribution in [0.15, 0.2) is 46.7 Å². The molecule has 2 amide bonds. The van der Waals surface area contributed by atoms with Gasteiger partial charge in [0.15, 0.2) is 0 Å². The van der Waals surface area contributed by atoms with E-state index in [1.807, 2.05) is 30.3 Å². The number of carbonyl (C=O) groups excluding carboxylic acids is 2. The molecule has 1 aromatic heterocycles. The van der Waals surface area contributed by atoms with Gasteiger partial charge in [-0.15, -0.1) is 11.3 Å². The van der Waals surface area contributed by atoms with E-state index in [9.17, 15) is 18.0 Å². The van der Waals surface area contributed by atoms with Crippen LogP contribution in [0.3, 0.4) is 0 Å². The smallest absolute Gasteiger partial charge is 0.252 e. The summed E-state index contributed by atoms with van der Waals surface area (Å²) in [6, 6.07) is 11.6. The van der Waals surface area contributed by atoms with Crippen LogP contribution in [-0.4, -0.2) is 62.2 Å². The fraction of sp³-hybridized carbons (Fsp3) is 0.400. The molecule has 1 fully saturated rings. The van der Waals surface area contributed by atoms with Crippen LogP contribution in [-0.2, 0) is 26.0 Å². The summed E-state index contributed by atoms with van der Waals surface area (Å²) in [7, 11) is -2.50. The number of likely N-dealkylation sites (tertiary alicyclic amines) is 1. The van der Waals surface area contributed by atoms with Gasteiger partial charge in [-0.05, 0) is 30.5 Å². The molecule has 1 aromatic carbocycles. The van der Waals surface area contributed by atoms with E-state index in [2.05, 4.69) is 5.32 Å². The highest BCUT2D eigenvalue weighted by atomic mass is 35.5. The molecule has 0 aliphatic carbocycles. The Morgan fingerprint density at radius 3 is 2.43 bits per heavy atom. The van der Waals surface area contributed by atoms with Crippen molar-refractivity contribution in [3.8, 4) is 0 Å². The lowest BCUT2D eigenvalue weighted by Gasteiger charge is -2.25. The van der Waals surface area contributed by atoms with E-state index in [-0.39, 0.29) is 10.1 Å². The minimum atomic E-state index is -3.83. The number of thiophene rings is 1. The fourth-order valence-corrected chi connectivity index (χ4v) is 6.15. The lowest BCUT2D eigenvalue weighted by atomic mass is 10.0. The molecule has 10 heteroatoms. The quantitative estimate of drug-likeness (QED) is 0.643. The van der Waals surface area contributed by atoms with Gasteiger partial charge >= 0.3 is 0 Å². The number of likely N-dealkylation sites (N-methyl/N-ethyl adjacent to an activating group) is 1. The monoisotopic (exact) mass is 469 g/mol. The summed E-state index contributed by atoms with van der Waals surface area (Å²) in [6.07, 6.45) is 2.24. The van der Waals surface area contributed by atoms with Crippen molar-refractivity contribution in [2.24, 2.45) is 0 Å². The zero-order valence-electron chi connectivity index (χ0n) is 16.6. The van der Waals surface area contributed by atoms with Crippen molar-refractivity contribution in [1.29, 1.82) is 0 Å². The standard InChI is InChI=1S/C20H24ClN3O4S2/c1-23(30(27,28)19-10-9-17(21)29-19)14-18(25)22-16(13-15-7-3-2-4-8-15)20(26)24-11-5-6-12-24/h2-4,7-10,16H,5-6,11-14H2,1H3,(H,22,25). The van der Waals surface area contributed by atoms with E-state index < -0.39 is 28.5 Å². The molecule has 1 saturated heterocycles. The summed E-state index contributed by atoms with van der Waals surface area (Å²) in [6.45, 7) is 0.956. The minimum Gasteiger partial charge on any atom is -0.343 e. The summed E-state index contributed by atoms with van der Waals surface area (Å²) in [4.78, 5) is 27.4. The highest BCUT2D eigenvalue weighted by Crippen LogP contribution is 2.27. The van der Waals surface area contributed by atoms with Gasteiger partial charge in [0.05, 0.1) is 10.9 Å². The Bertz CT molecular complexity index is 988. The topological polar surface area (TPSA) is 86.8 Å². The van der Waals surface area contributed by atoms with Crippen LogP contribution < -0.4 is 5.32 Å². The van der Waals surface area contributed by atoms with Crippen molar-refractivity contribution in [3.05, 3.63) is 52.4 Å². The van der Waals surface area contributed by atoms with Gasteiger partial charge in [0.25, 0.3) is 10.0 Å². The summed E-state index contributed by atoms with van der Waals surface area (Å²) >= 11 is 6.76. The highest BCUT2D eigenvalue weighted by molar-refractivity contribution is 7.91. The van der Waals surface area contributed by atoms with Crippen LogP contribution in [0.4, 0.5) is 0 Å². The fourth-order valence-electron chi connectivity index (χ4n) is 3.32. The molecule has 0 bridgehead atoms. The van der Waals surface area contributed by atoms with Crippen molar-refractivity contribution in [3.63, 3.8) is 0 Å². The highest BCUT2D eigenvalue weighted by Gasteiger charge is 2.30. The lowest BCUT2D eigenvalue weighted by Crippen LogP contribution is -2.51. The number of hydrogen-bond donors (Lipinski definition) is 1. The maximum absolute atomic E-state index is 13.0. The van der Waals surface area contributed by atoms with Gasteiger partial charge in [0, 0.05) is 26.6 Å². The Labute approximate surface area is 185 Å². The number of halogens is 1. The summed E-state index contributed by atoms with van der Waals surface area (Å²) in [5, 5.41) is 2.74. The Morgan fingerprint density at radius 1 is 1.17 bits per heavy atom. The maximum Gasteiger partial charge on any atom is 0.252 e. The van der Waals surface area contributed by atoms with E-state index >= 15 is 0 Å². The van der Waals surface area contributed by atoms with E-state index in [4.69, 9.17) is 11.6 Å². The first kappa shape index (κ1) is 22.7. The van der Waals surface area contributed by atoms with Gasteiger partial charge in [0.2, 0.25) is 11.8 Å². The number of carbonyl (C=O) groups is 2. The molecule has 1 unspecified atom stereocenters. The first-order valence-electron chi connectivity index (χ1n) is 9.61. The van der Waals surface area contributed by atoms with Crippen molar-refractivity contribution in [2.75, 3.05) is 26.7 Å². The molecule has 2 heterocycles. The second-order valence-electron chi connectivity index (χ2n) is 7.16. The maximum atomic E-state index is 13.0. The van der Waals surface area contributed by atoms with E-state index in [1.165, 1.54) is 19.2 Å². The predicted octanol–water partition coefficient (Wildman–Crippen LogP) is 2.37. The molecular weight excluding hydrogens is 446 g/mol. The molecule has 30 heavy (non-hydrogen) atoms. The van der Waals surface area contributed by atoms with Gasteiger partial charge in [-0.1, -0.05) is 41.9 Å². The molecule has 1 atom stereocenters. The molecule has 162 valence electrons. The molecule has 0 spiro atoms. The molecule has 1 aliphatic rings. The number of nitrogens with one attached hydrogen (secondary N) is 1. The minimum absolute atomic E-state index is 0.0665. The average Bonchev–Trinajstić information content (AvgIpc) is 3.39. The van der Waals surface area contributed by atoms with Crippen molar-refractivity contribution >= 4 is 44.8 Å². The van der Waals surface area contributed by atoms with Crippen molar-refractivity contribution < 1.29 is 18.0 Å². The summed E-state index contributed by atoms with van der Waals surface area (Å²) in [5.74, 6) is -0.669. The van der Waals surface area contributed by atoms with Gasteiger partial charge in [-0.3, -0.25) is 9.59 Å². The third-order valence-electron chi connectivity index (χ3n) is 4.91. The molecule has 1 aliphatic heterocycles. The first-order chi connectivity index (χ1) is 14.3. The van der Waals surface area contributed by atoms with Gasteiger partial charge in [-0.25, -0.2) is 8.42 Å². The Hall–Kier alpha value is -1.94. The van der Waals surface area contributed by atoms with E-state index in [0.717, 1.165) is 34.0 Å². The van der Waals surface area contributed by atoms with E-state index in [1.54, 1.807) is 4.90 Å². The third-order valence-corrected chi connectivity index (χ3v) is 8.42. The second-order valence-corrected chi connectivity index (χ2v) is 11.1. The molecular formula is C20H24ClN3O4S2. The van der Waals surface area contributed by atoms with Crippen LogP contribution in [0.5, 0.6) is 0 Å². The molecule has 1 N–H and O–H groups in total. The second kappa shape index (κ2) is 9.91. The van der Waals surface area contributed by atoms with Crippen LogP contribution in [0, 0.1) is 0 Å². The zero-order chi connectivity index (χ0) is 21.7. The summed E-state index contributed by atoms with van der Waals surface area (Å²) < 4.78 is 26.6. The summed E-state index contributed by atoms with van der Waals surface area (Å²) in [5.41, 5.74) is 0.921. The number of rotatable bonds is 8. The van der Waals surface area contributed by atoms with E-state index in [0.29, 0.717) is 23.8 Å². The third kappa shape index (κ3) is 5.60. The lowest BCUT2D eigenvalue weighted by molar-refractivity contribution is -0.135. The Morgan fingerprint density at radius 2 is 1.83 bits per heavy atom. The van der Waals surface area contributed by atoms with Crippen molar-refractivity contribution in [1.82, 2.24) is 14.5 Å². The average molecular weight is 470 g/mol. The molecule has 2 aromatic rings. The van der Waals surface area contributed by atoms with Gasteiger partial charge in [-0.2, -0.15) is 4.31 Å². The van der Waals surface area contributed by atoms with Crippen LogP contribution in [0.25, 0.3) is 0 Å². The number of nitrogens with zero attached hydrogens (tertiary/aromatic N) is 2. The Balaban J connectivity index is 1.69. The van der Waals surface area contributed by atoms with Crippen molar-refractivity contribution in [2.45, 2.75) is 29.5 Å². The molecule has 0 saturated carbocycles. The molecule has 3 rings (SSSR count). The predicted molar refractivity (Wildman–Crippen MR) is 117 cm³/mol. The largest absolute Gasteiger partial charge is 0.343 e.